The van der Waals surface area contributed by atoms with Crippen molar-refractivity contribution in [2.24, 2.45) is 5.73 Å². The van der Waals surface area contributed by atoms with Gasteiger partial charge in [-0.05, 0) is 43.2 Å². The molecule has 0 saturated carbocycles. The van der Waals surface area contributed by atoms with Crippen LogP contribution in [0.4, 0.5) is 0 Å². The number of unbranched alkanes of at least 4 members (excludes halogenated alkanes) is 1. The molecule has 23 heavy (non-hydrogen) atoms. The van der Waals surface area contributed by atoms with E-state index in [4.69, 9.17) is 15.0 Å². The predicted molar refractivity (Wildman–Crippen MR) is 85.5 cm³/mol. The molecule has 0 atom stereocenters. The number of methoxy groups -OCH3 is 1. The normalized spacial score (nSPS) is 11.4. The lowest BCUT2D eigenvalue weighted by molar-refractivity contribution is -0.116. The minimum absolute atomic E-state index is 0.105. The van der Waals surface area contributed by atoms with Crippen LogP contribution < -0.4 is 20.0 Å². The summed E-state index contributed by atoms with van der Waals surface area (Å²) in [6, 6.07) is 4.30. The number of nitrogens with one attached hydrogen (secondary N) is 1. The van der Waals surface area contributed by atoms with E-state index < -0.39 is 10.4 Å². The molecule has 1 rings (SSSR count). The van der Waals surface area contributed by atoms with Gasteiger partial charge in [0.05, 0.1) is 7.11 Å². The van der Waals surface area contributed by atoms with Crippen molar-refractivity contribution in [2.45, 2.75) is 12.8 Å². The van der Waals surface area contributed by atoms with Gasteiger partial charge in [-0.2, -0.15) is 8.42 Å². The van der Waals surface area contributed by atoms with Gasteiger partial charge in [0.2, 0.25) is 5.91 Å². The number of rotatable bonds is 9. The monoisotopic (exact) mass is 344 g/mol. The number of carbonyl (C=O) groups excluding carboxylic acids is 1. The summed E-state index contributed by atoms with van der Waals surface area (Å²) in [5.41, 5.74) is 5.95. The van der Waals surface area contributed by atoms with E-state index in [9.17, 15) is 13.2 Å². The molecule has 9 heteroatoms. The maximum absolute atomic E-state index is 11.6. The Labute approximate surface area is 135 Å². The van der Waals surface area contributed by atoms with Crippen molar-refractivity contribution in [3.63, 3.8) is 0 Å². The molecule has 0 fully saturated rings. The fourth-order valence-corrected chi connectivity index (χ4v) is 2.05. The van der Waals surface area contributed by atoms with E-state index in [1.54, 1.807) is 0 Å². The van der Waals surface area contributed by atoms with Crippen molar-refractivity contribution in [3.05, 3.63) is 29.8 Å². The number of ether oxygens (including phenoxy) is 1. The van der Waals surface area contributed by atoms with E-state index in [-0.39, 0.29) is 17.4 Å². The second-order valence-corrected chi connectivity index (χ2v) is 5.56. The minimum Gasteiger partial charge on any atom is -0.493 e. The van der Waals surface area contributed by atoms with Crippen molar-refractivity contribution < 1.29 is 26.7 Å². The zero-order valence-electron chi connectivity index (χ0n) is 12.7. The summed E-state index contributed by atoms with van der Waals surface area (Å²) in [6.45, 7) is 1.13. The second-order valence-electron chi connectivity index (χ2n) is 4.54. The Bertz CT molecular complexity index is 657. The van der Waals surface area contributed by atoms with Crippen LogP contribution in [0.1, 0.15) is 18.4 Å². The largest absolute Gasteiger partial charge is 0.493 e. The van der Waals surface area contributed by atoms with Crippen LogP contribution in [0.2, 0.25) is 0 Å². The van der Waals surface area contributed by atoms with E-state index in [0.717, 1.165) is 12.8 Å². The quantitative estimate of drug-likeness (QED) is 0.342. The molecule has 0 spiro atoms. The molecule has 8 nitrogen and oxygen atoms in total. The molecule has 128 valence electrons. The Kier molecular flexibility index (Phi) is 7.52. The molecule has 1 aromatic rings. The molecular weight excluding hydrogens is 324 g/mol. The fourth-order valence-electron chi connectivity index (χ4n) is 1.68. The van der Waals surface area contributed by atoms with Crippen LogP contribution in [0.3, 0.4) is 0 Å². The zero-order valence-corrected chi connectivity index (χ0v) is 13.5. The van der Waals surface area contributed by atoms with Gasteiger partial charge in [-0.25, -0.2) is 0 Å². The predicted octanol–water partition coefficient (Wildman–Crippen LogP) is 0.745. The Morgan fingerprint density at radius 1 is 1.35 bits per heavy atom. The topological polar surface area (TPSA) is 128 Å². The third-order valence-corrected chi connectivity index (χ3v) is 3.13. The number of benzene rings is 1. The van der Waals surface area contributed by atoms with Gasteiger partial charge in [0, 0.05) is 12.6 Å². The van der Waals surface area contributed by atoms with E-state index in [2.05, 4.69) is 9.50 Å². The van der Waals surface area contributed by atoms with Crippen molar-refractivity contribution in [2.75, 3.05) is 20.2 Å². The van der Waals surface area contributed by atoms with Gasteiger partial charge in [-0.3, -0.25) is 9.35 Å². The Hall–Kier alpha value is -2.10. The van der Waals surface area contributed by atoms with Crippen LogP contribution in [0.15, 0.2) is 24.3 Å². The summed E-state index contributed by atoms with van der Waals surface area (Å²) in [4.78, 5) is 11.6. The number of amides is 1. The molecule has 0 aromatic heterocycles. The standard InChI is InChI=1S/C14H20N2O6S/c1-21-13-10-11(4-6-12(13)22-23(18,19)20)5-7-14(17)16-9-3-2-8-15/h4-7,10H,2-3,8-9,15H2,1H3,(H,16,17)(H,18,19,20)/b7-5+. The summed E-state index contributed by atoms with van der Waals surface area (Å²) in [7, 11) is -3.31. The molecule has 0 bridgehead atoms. The van der Waals surface area contributed by atoms with E-state index in [1.807, 2.05) is 0 Å². The van der Waals surface area contributed by atoms with Crippen LogP contribution in [-0.2, 0) is 15.2 Å². The van der Waals surface area contributed by atoms with E-state index in [1.165, 1.54) is 37.5 Å². The first-order valence-electron chi connectivity index (χ1n) is 6.86. The van der Waals surface area contributed by atoms with Gasteiger partial charge in [0.25, 0.3) is 0 Å². The van der Waals surface area contributed by atoms with Gasteiger partial charge in [0.15, 0.2) is 11.5 Å². The van der Waals surface area contributed by atoms with Gasteiger partial charge >= 0.3 is 10.4 Å². The first-order chi connectivity index (χ1) is 10.9. The van der Waals surface area contributed by atoms with Crippen molar-refractivity contribution >= 4 is 22.4 Å². The number of hydrogen-bond acceptors (Lipinski definition) is 6. The highest BCUT2D eigenvalue weighted by atomic mass is 32.3. The molecule has 0 aliphatic heterocycles. The van der Waals surface area contributed by atoms with Gasteiger partial charge < -0.3 is 20.0 Å². The Balaban J connectivity index is 2.70. The first kappa shape index (κ1) is 18.9. The molecule has 0 unspecified atom stereocenters. The summed E-state index contributed by atoms with van der Waals surface area (Å²) >= 11 is 0. The highest BCUT2D eigenvalue weighted by molar-refractivity contribution is 7.81. The van der Waals surface area contributed by atoms with Crippen molar-refractivity contribution in [3.8, 4) is 11.5 Å². The highest BCUT2D eigenvalue weighted by Gasteiger charge is 2.12. The first-order valence-corrected chi connectivity index (χ1v) is 8.23. The Morgan fingerprint density at radius 2 is 2.09 bits per heavy atom. The molecule has 0 saturated heterocycles. The molecule has 0 aliphatic carbocycles. The molecule has 1 aromatic carbocycles. The number of nitrogens with two attached hydrogens (primary N) is 1. The molecule has 0 radical (unpaired) electrons. The van der Waals surface area contributed by atoms with Gasteiger partial charge in [0.1, 0.15) is 0 Å². The molecular formula is C14H20N2O6S. The lowest BCUT2D eigenvalue weighted by atomic mass is 10.2. The van der Waals surface area contributed by atoms with Gasteiger partial charge in [-0.1, -0.05) is 6.07 Å². The van der Waals surface area contributed by atoms with Gasteiger partial charge in [-0.15, -0.1) is 0 Å². The molecule has 0 aliphatic rings. The van der Waals surface area contributed by atoms with Crippen LogP contribution >= 0.6 is 0 Å². The minimum atomic E-state index is -4.63. The summed E-state index contributed by atoms with van der Waals surface area (Å²) in [5, 5.41) is 2.71. The lowest BCUT2D eigenvalue weighted by Gasteiger charge is -2.08. The third-order valence-electron chi connectivity index (χ3n) is 2.74. The molecule has 1 amide bonds. The molecule has 4 N–H and O–H groups in total. The average Bonchev–Trinajstić information content (AvgIpc) is 2.49. The smallest absolute Gasteiger partial charge is 0.446 e. The van der Waals surface area contributed by atoms with Crippen LogP contribution in [0.5, 0.6) is 11.5 Å². The maximum atomic E-state index is 11.6. The third kappa shape index (κ3) is 7.63. The lowest BCUT2D eigenvalue weighted by Crippen LogP contribution is -2.22. The fraction of sp³-hybridized carbons (Fsp3) is 0.357. The Morgan fingerprint density at radius 3 is 2.70 bits per heavy atom. The molecule has 0 heterocycles. The maximum Gasteiger partial charge on any atom is 0.446 e. The van der Waals surface area contributed by atoms with Crippen molar-refractivity contribution in [1.29, 1.82) is 0 Å². The van der Waals surface area contributed by atoms with Crippen molar-refractivity contribution in [1.82, 2.24) is 5.32 Å². The second kappa shape index (κ2) is 9.13. The SMILES string of the molecule is COc1cc(/C=C/C(=O)NCCCCN)ccc1OS(=O)(=O)O. The van der Waals surface area contributed by atoms with E-state index >= 15 is 0 Å². The average molecular weight is 344 g/mol. The number of hydrogen-bond donors (Lipinski definition) is 3. The van der Waals surface area contributed by atoms with Crippen LogP contribution in [0, 0.1) is 0 Å². The zero-order chi connectivity index (χ0) is 17.3. The van der Waals surface area contributed by atoms with E-state index in [0.29, 0.717) is 18.7 Å². The highest BCUT2D eigenvalue weighted by Crippen LogP contribution is 2.29. The summed E-state index contributed by atoms with van der Waals surface area (Å²) in [6.07, 6.45) is 4.54. The summed E-state index contributed by atoms with van der Waals surface area (Å²) < 4.78 is 39.5. The van der Waals surface area contributed by atoms with Crippen LogP contribution in [0.25, 0.3) is 6.08 Å². The van der Waals surface area contributed by atoms with Crippen LogP contribution in [-0.4, -0.2) is 39.1 Å². The number of carbonyl (C=O) groups is 1. The summed E-state index contributed by atoms with van der Waals surface area (Å²) in [5.74, 6) is -0.300.